The van der Waals surface area contributed by atoms with Crippen LogP contribution in [0.4, 0.5) is 43.4 Å². The van der Waals surface area contributed by atoms with Crippen molar-refractivity contribution >= 4 is 58.0 Å². The SMILES string of the molecule is CCC(F)(F)F.NC(=O)CC(CCC(F)(F)F)C(=O)NC1CN(c2cccc(Cl)c2)c2cccc(Cl)c2NC1=O. The van der Waals surface area contributed by atoms with Crippen LogP contribution in [-0.2, 0) is 14.4 Å². The van der Waals surface area contributed by atoms with Crippen LogP contribution in [0.3, 0.4) is 0 Å². The zero-order chi connectivity index (χ0) is 30.3. The average molecular weight is 615 g/mol. The molecule has 0 fully saturated rings. The summed E-state index contributed by atoms with van der Waals surface area (Å²) in [5.74, 6) is -3.78. The highest BCUT2D eigenvalue weighted by Gasteiger charge is 2.35. The van der Waals surface area contributed by atoms with Gasteiger partial charge in [-0.2, -0.15) is 26.3 Å². The first-order valence-corrected chi connectivity index (χ1v) is 12.6. The third-order valence-corrected chi connectivity index (χ3v) is 6.19. The average Bonchev–Trinajstić information content (AvgIpc) is 2.98. The third kappa shape index (κ3) is 10.4. The fraction of sp³-hybridized carbons (Fsp3) is 0.400. The summed E-state index contributed by atoms with van der Waals surface area (Å²) in [5, 5.41) is 5.82. The van der Waals surface area contributed by atoms with Crippen molar-refractivity contribution in [2.24, 2.45) is 11.7 Å². The van der Waals surface area contributed by atoms with Gasteiger partial charge in [0.05, 0.1) is 22.9 Å². The van der Waals surface area contributed by atoms with Gasteiger partial charge in [0.15, 0.2) is 0 Å². The van der Waals surface area contributed by atoms with Crippen molar-refractivity contribution in [3.8, 4) is 0 Å². The minimum atomic E-state index is -4.52. The van der Waals surface area contributed by atoms with Crippen LogP contribution in [0.1, 0.15) is 32.6 Å². The molecule has 0 aromatic heterocycles. The van der Waals surface area contributed by atoms with Gasteiger partial charge in [0.25, 0.3) is 0 Å². The lowest BCUT2D eigenvalue weighted by atomic mass is 9.97. The van der Waals surface area contributed by atoms with Gasteiger partial charge in [-0.25, -0.2) is 0 Å². The second-order valence-electron chi connectivity index (χ2n) is 8.76. The van der Waals surface area contributed by atoms with Gasteiger partial charge in [-0.05, 0) is 36.8 Å². The lowest BCUT2D eigenvalue weighted by Crippen LogP contribution is -2.50. The Bertz CT molecular complexity index is 1210. The van der Waals surface area contributed by atoms with Crippen molar-refractivity contribution in [2.75, 3.05) is 16.8 Å². The smallest absolute Gasteiger partial charge is 0.370 e. The summed E-state index contributed by atoms with van der Waals surface area (Å²) in [5.41, 5.74) is 6.56. The fourth-order valence-electron chi connectivity index (χ4n) is 3.63. The second-order valence-corrected chi connectivity index (χ2v) is 9.61. The molecule has 1 heterocycles. The number of carbonyl (C=O) groups is 3. The van der Waals surface area contributed by atoms with Gasteiger partial charge in [-0.1, -0.05) is 42.3 Å². The van der Waals surface area contributed by atoms with Crippen molar-refractivity contribution in [3.63, 3.8) is 0 Å². The highest BCUT2D eigenvalue weighted by molar-refractivity contribution is 6.35. The van der Waals surface area contributed by atoms with Gasteiger partial charge < -0.3 is 21.3 Å². The molecule has 3 rings (SSSR count). The van der Waals surface area contributed by atoms with Crippen LogP contribution in [0.25, 0.3) is 0 Å². The molecule has 0 radical (unpaired) electrons. The van der Waals surface area contributed by atoms with Crippen molar-refractivity contribution in [1.29, 1.82) is 0 Å². The fourth-order valence-corrected chi connectivity index (χ4v) is 4.03. The van der Waals surface area contributed by atoms with E-state index in [0.717, 1.165) is 6.92 Å². The number of halogens is 8. The van der Waals surface area contributed by atoms with E-state index in [2.05, 4.69) is 10.6 Å². The van der Waals surface area contributed by atoms with E-state index in [0.29, 0.717) is 22.1 Å². The first-order valence-electron chi connectivity index (χ1n) is 11.9. The number of benzene rings is 2. The topological polar surface area (TPSA) is 105 Å². The summed E-state index contributed by atoms with van der Waals surface area (Å²) in [7, 11) is 0. The molecule has 1 aliphatic heterocycles. The summed E-state index contributed by atoms with van der Waals surface area (Å²) in [6, 6.07) is 10.6. The van der Waals surface area contributed by atoms with Crippen molar-refractivity contribution in [2.45, 2.75) is 51.0 Å². The number of carbonyl (C=O) groups excluding carboxylic acids is 3. The van der Waals surface area contributed by atoms with Crippen LogP contribution < -0.4 is 21.3 Å². The van der Waals surface area contributed by atoms with Crippen LogP contribution in [0.15, 0.2) is 42.5 Å². The molecular weight excluding hydrogens is 589 g/mol. The van der Waals surface area contributed by atoms with Crippen LogP contribution >= 0.6 is 23.2 Å². The molecule has 3 amide bonds. The second kappa shape index (κ2) is 13.9. The van der Waals surface area contributed by atoms with Crippen LogP contribution in [0, 0.1) is 5.92 Å². The highest BCUT2D eigenvalue weighted by Crippen LogP contribution is 2.39. The van der Waals surface area contributed by atoms with E-state index < -0.39 is 67.7 Å². The maximum Gasteiger partial charge on any atom is 0.389 e. The van der Waals surface area contributed by atoms with Crippen LogP contribution in [-0.4, -0.2) is 42.7 Å². The number of amides is 3. The Kier molecular flexibility index (Phi) is 11.5. The number of fused-ring (bicyclic) bond motifs is 1. The zero-order valence-electron chi connectivity index (χ0n) is 21.0. The number of hydrogen-bond acceptors (Lipinski definition) is 4. The summed E-state index contributed by atoms with van der Waals surface area (Å²) in [4.78, 5) is 38.8. The Labute approximate surface area is 236 Å². The molecule has 0 saturated heterocycles. The molecule has 40 heavy (non-hydrogen) atoms. The maximum absolute atomic E-state index is 13.0. The van der Waals surface area contributed by atoms with Crippen molar-refractivity contribution in [3.05, 3.63) is 52.5 Å². The van der Waals surface area contributed by atoms with E-state index in [1.165, 1.54) is 0 Å². The van der Waals surface area contributed by atoms with E-state index >= 15 is 0 Å². The molecule has 2 atom stereocenters. The minimum Gasteiger partial charge on any atom is -0.370 e. The Balaban J connectivity index is 0.000000840. The van der Waals surface area contributed by atoms with Gasteiger partial charge in [0.2, 0.25) is 17.7 Å². The molecule has 2 unspecified atom stereocenters. The highest BCUT2D eigenvalue weighted by atomic mass is 35.5. The van der Waals surface area contributed by atoms with Crippen molar-refractivity contribution < 1.29 is 40.7 Å². The molecular formula is C25H26Cl2F6N4O3. The van der Waals surface area contributed by atoms with Gasteiger partial charge in [-0.3, -0.25) is 14.4 Å². The molecule has 0 saturated carbocycles. The number of primary amides is 1. The molecule has 1 aliphatic rings. The lowest BCUT2D eigenvalue weighted by molar-refractivity contribution is -0.143. The number of nitrogens with zero attached hydrogens (tertiary/aromatic N) is 1. The van der Waals surface area contributed by atoms with Crippen LogP contribution in [0.2, 0.25) is 10.0 Å². The number of para-hydroxylation sites is 1. The molecule has 7 nitrogen and oxygen atoms in total. The van der Waals surface area contributed by atoms with E-state index in [9.17, 15) is 40.7 Å². The molecule has 2 aromatic rings. The molecule has 0 aliphatic carbocycles. The van der Waals surface area contributed by atoms with Gasteiger partial charge in [-0.15, -0.1) is 0 Å². The zero-order valence-corrected chi connectivity index (χ0v) is 22.5. The van der Waals surface area contributed by atoms with Gasteiger partial charge in [0.1, 0.15) is 6.04 Å². The predicted molar refractivity (Wildman–Crippen MR) is 139 cm³/mol. The maximum atomic E-state index is 13.0. The van der Waals surface area contributed by atoms with E-state index in [4.69, 9.17) is 28.9 Å². The predicted octanol–water partition coefficient (Wildman–Crippen LogP) is 6.36. The Morgan fingerprint density at radius 3 is 2.27 bits per heavy atom. The van der Waals surface area contributed by atoms with Crippen molar-refractivity contribution in [1.82, 2.24) is 5.32 Å². The Morgan fingerprint density at radius 2 is 1.73 bits per heavy atom. The number of hydrogen-bond donors (Lipinski definition) is 3. The van der Waals surface area contributed by atoms with E-state index in [1.807, 2.05) is 0 Å². The lowest BCUT2D eigenvalue weighted by Gasteiger charge is -2.28. The number of anilines is 3. The Morgan fingerprint density at radius 1 is 1.10 bits per heavy atom. The quantitative estimate of drug-likeness (QED) is 0.316. The molecule has 4 N–H and O–H groups in total. The largest absolute Gasteiger partial charge is 0.389 e. The van der Waals surface area contributed by atoms with Crippen LogP contribution in [0.5, 0.6) is 0 Å². The minimum absolute atomic E-state index is 0.0756. The summed E-state index contributed by atoms with van der Waals surface area (Å²) >= 11 is 12.4. The molecule has 220 valence electrons. The van der Waals surface area contributed by atoms with E-state index in [-0.39, 0.29) is 11.6 Å². The number of alkyl halides is 6. The standard InChI is InChI=1S/C22H21Cl2F3N4O3.C3H5F3/c23-13-3-1-4-14(10-13)31-11-16(21(34)30-19-15(24)5-2-6-17(19)31)29-20(33)12(9-18(28)32)7-8-22(25,26)27;1-2-3(4,5)6/h1-6,10,12,16H,7-9,11H2,(H2,28,32)(H,29,33)(H,30,34);2H2,1H3. The summed E-state index contributed by atoms with van der Waals surface area (Å²) in [6.07, 6.45) is -11.7. The Hall–Kier alpha value is -3.19. The monoisotopic (exact) mass is 614 g/mol. The van der Waals surface area contributed by atoms with Gasteiger partial charge >= 0.3 is 12.4 Å². The third-order valence-electron chi connectivity index (χ3n) is 5.64. The van der Waals surface area contributed by atoms with E-state index in [1.54, 1.807) is 47.4 Å². The first-order chi connectivity index (χ1) is 18.5. The van der Waals surface area contributed by atoms with Gasteiger partial charge in [0, 0.05) is 35.9 Å². The molecule has 2 aromatic carbocycles. The first kappa shape index (κ1) is 33.0. The number of nitrogens with one attached hydrogen (secondary N) is 2. The number of rotatable bonds is 7. The summed E-state index contributed by atoms with van der Waals surface area (Å²) < 4.78 is 70.5. The normalized spacial score (nSPS) is 16.1. The molecule has 0 bridgehead atoms. The number of nitrogens with two attached hydrogens (primary N) is 1. The molecule has 15 heteroatoms. The molecule has 0 spiro atoms. The summed E-state index contributed by atoms with van der Waals surface area (Å²) in [6.45, 7) is 1.01.